The number of guanidine groups is 1. The summed E-state index contributed by atoms with van der Waals surface area (Å²) in [6, 6.07) is 5.15. The molecule has 1 saturated carbocycles. The maximum absolute atomic E-state index is 5.69. The molecule has 1 aromatic heterocycles. The van der Waals surface area contributed by atoms with Gasteiger partial charge in [0, 0.05) is 32.7 Å². The van der Waals surface area contributed by atoms with E-state index in [-0.39, 0.29) is 30.0 Å². The third kappa shape index (κ3) is 6.13. The molecular formula is C19H34IN5O. The molecule has 6 nitrogen and oxygen atoms in total. The molecule has 26 heavy (non-hydrogen) atoms. The first-order valence-corrected chi connectivity index (χ1v) is 9.77. The van der Waals surface area contributed by atoms with Crippen molar-refractivity contribution in [2.24, 2.45) is 4.99 Å². The van der Waals surface area contributed by atoms with Gasteiger partial charge in [0.05, 0.1) is 12.3 Å². The molecule has 0 aromatic carbocycles. The number of furan rings is 1. The second kappa shape index (κ2) is 11.1. The Morgan fingerprint density at radius 1 is 1.35 bits per heavy atom. The van der Waals surface area contributed by atoms with Crippen molar-refractivity contribution in [3.05, 3.63) is 24.2 Å². The highest BCUT2D eigenvalue weighted by atomic mass is 127. The van der Waals surface area contributed by atoms with Crippen molar-refractivity contribution in [1.82, 2.24) is 20.4 Å². The Morgan fingerprint density at radius 3 is 2.69 bits per heavy atom. The lowest BCUT2D eigenvalue weighted by atomic mass is 10.2. The smallest absolute Gasteiger partial charge is 0.191 e. The highest BCUT2D eigenvalue weighted by Crippen LogP contribution is 2.26. The van der Waals surface area contributed by atoms with Crippen molar-refractivity contribution < 1.29 is 4.42 Å². The summed E-state index contributed by atoms with van der Waals surface area (Å²) in [6.45, 7) is 8.49. The van der Waals surface area contributed by atoms with Crippen LogP contribution in [0, 0.1) is 0 Å². The fourth-order valence-corrected chi connectivity index (χ4v) is 3.71. The zero-order valence-electron chi connectivity index (χ0n) is 16.1. The molecule has 1 saturated heterocycles. The molecule has 2 heterocycles. The quantitative estimate of drug-likeness (QED) is 0.327. The van der Waals surface area contributed by atoms with Crippen molar-refractivity contribution in [2.45, 2.75) is 44.7 Å². The van der Waals surface area contributed by atoms with Crippen LogP contribution in [0.4, 0.5) is 0 Å². The predicted molar refractivity (Wildman–Crippen MR) is 117 cm³/mol. The standard InChI is InChI=1S/C19H33N5O.HI/c1-3-23(16-8-9-16)13-10-21-19(20-2)22-15-17(18-7-6-14-25-18)24-11-4-5-12-24;/h6-7,14,16-17H,3-5,8-13,15H2,1-2H3,(H2,20,21,22);1H. The average Bonchev–Trinajstić information content (AvgIpc) is 3.11. The number of hydrogen-bond acceptors (Lipinski definition) is 4. The maximum atomic E-state index is 5.69. The summed E-state index contributed by atoms with van der Waals surface area (Å²) in [6.07, 6.45) is 7.04. The van der Waals surface area contributed by atoms with Crippen molar-refractivity contribution in [1.29, 1.82) is 0 Å². The van der Waals surface area contributed by atoms with Crippen LogP contribution in [0.3, 0.4) is 0 Å². The van der Waals surface area contributed by atoms with Crippen LogP contribution >= 0.6 is 24.0 Å². The zero-order chi connectivity index (χ0) is 17.5. The van der Waals surface area contributed by atoms with Gasteiger partial charge in [0.15, 0.2) is 5.96 Å². The second-order valence-electron chi connectivity index (χ2n) is 7.01. The molecule has 2 fully saturated rings. The molecule has 0 spiro atoms. The summed E-state index contributed by atoms with van der Waals surface area (Å²) in [5.74, 6) is 1.92. The summed E-state index contributed by atoms with van der Waals surface area (Å²) in [7, 11) is 1.84. The fraction of sp³-hybridized carbons (Fsp3) is 0.737. The summed E-state index contributed by atoms with van der Waals surface area (Å²) in [4.78, 5) is 9.43. The molecule has 7 heteroatoms. The third-order valence-corrected chi connectivity index (χ3v) is 5.30. The number of likely N-dealkylation sites (N-methyl/N-ethyl adjacent to an activating group) is 1. The van der Waals surface area contributed by atoms with E-state index in [9.17, 15) is 0 Å². The number of aliphatic imine (C=N–C) groups is 1. The van der Waals surface area contributed by atoms with Gasteiger partial charge in [0.25, 0.3) is 0 Å². The Morgan fingerprint density at radius 2 is 2.12 bits per heavy atom. The van der Waals surface area contributed by atoms with E-state index in [1.807, 2.05) is 13.1 Å². The Bertz CT molecular complexity index is 526. The van der Waals surface area contributed by atoms with Crippen LogP contribution in [0.1, 0.15) is 44.4 Å². The van der Waals surface area contributed by atoms with Crippen molar-refractivity contribution in [2.75, 3.05) is 46.3 Å². The van der Waals surface area contributed by atoms with Crippen molar-refractivity contribution in [3.8, 4) is 0 Å². The van der Waals surface area contributed by atoms with E-state index < -0.39 is 0 Å². The molecule has 0 radical (unpaired) electrons. The van der Waals surface area contributed by atoms with E-state index in [1.165, 1.54) is 25.7 Å². The largest absolute Gasteiger partial charge is 0.468 e. The first-order chi connectivity index (χ1) is 12.3. The number of hydrogen-bond donors (Lipinski definition) is 2. The SMILES string of the molecule is CCN(CCNC(=NC)NCC(c1ccco1)N1CCCC1)C1CC1.I. The van der Waals surface area contributed by atoms with E-state index in [0.717, 1.165) is 57.0 Å². The third-order valence-electron chi connectivity index (χ3n) is 5.30. The number of rotatable bonds is 9. The minimum atomic E-state index is 0. The monoisotopic (exact) mass is 475 g/mol. The Balaban J connectivity index is 0.00000243. The highest BCUT2D eigenvalue weighted by molar-refractivity contribution is 14.0. The topological polar surface area (TPSA) is 56.0 Å². The van der Waals surface area contributed by atoms with Gasteiger partial charge in [-0.3, -0.25) is 14.8 Å². The minimum absolute atomic E-state index is 0. The first kappa shape index (κ1) is 21.5. The number of halogens is 1. The molecule has 1 unspecified atom stereocenters. The number of nitrogens with zero attached hydrogens (tertiary/aromatic N) is 3. The molecule has 1 aliphatic heterocycles. The van der Waals surface area contributed by atoms with Gasteiger partial charge >= 0.3 is 0 Å². The lowest BCUT2D eigenvalue weighted by molar-refractivity contribution is 0.215. The minimum Gasteiger partial charge on any atom is -0.468 e. The van der Waals surface area contributed by atoms with E-state index in [1.54, 1.807) is 6.26 Å². The predicted octanol–water partition coefficient (Wildman–Crippen LogP) is 2.68. The molecule has 148 valence electrons. The van der Waals surface area contributed by atoms with Gasteiger partial charge in [-0.25, -0.2) is 0 Å². The zero-order valence-corrected chi connectivity index (χ0v) is 18.4. The molecule has 2 aliphatic rings. The molecule has 1 aromatic rings. The molecule has 0 amide bonds. The average molecular weight is 475 g/mol. The van der Waals surface area contributed by atoms with Crippen LogP contribution in [-0.4, -0.2) is 68.1 Å². The van der Waals surface area contributed by atoms with E-state index in [4.69, 9.17) is 4.42 Å². The first-order valence-electron chi connectivity index (χ1n) is 9.77. The number of likely N-dealkylation sites (tertiary alicyclic amines) is 1. The molecule has 3 rings (SSSR count). The van der Waals surface area contributed by atoms with Gasteiger partial charge in [-0.05, 0) is 57.5 Å². The van der Waals surface area contributed by atoms with Gasteiger partial charge in [0.1, 0.15) is 5.76 Å². The normalized spacial score (nSPS) is 19.4. The lowest BCUT2D eigenvalue weighted by Gasteiger charge is -2.27. The van der Waals surface area contributed by atoms with E-state index in [0.29, 0.717) is 0 Å². The van der Waals surface area contributed by atoms with Gasteiger partial charge in [-0.2, -0.15) is 0 Å². The fourth-order valence-electron chi connectivity index (χ4n) is 3.71. The highest BCUT2D eigenvalue weighted by Gasteiger charge is 2.27. The lowest BCUT2D eigenvalue weighted by Crippen LogP contribution is -2.45. The molecule has 1 atom stereocenters. The second-order valence-corrected chi connectivity index (χ2v) is 7.01. The molecule has 1 aliphatic carbocycles. The van der Waals surface area contributed by atoms with E-state index in [2.05, 4.69) is 38.4 Å². The Kier molecular flexibility index (Phi) is 9.21. The van der Waals surface area contributed by atoms with Gasteiger partial charge in [0.2, 0.25) is 0 Å². The van der Waals surface area contributed by atoms with Crippen LogP contribution < -0.4 is 10.6 Å². The van der Waals surface area contributed by atoms with Crippen molar-refractivity contribution >= 4 is 29.9 Å². The molecule has 2 N–H and O–H groups in total. The van der Waals surface area contributed by atoms with Crippen LogP contribution in [-0.2, 0) is 0 Å². The molecular weight excluding hydrogens is 441 g/mol. The van der Waals surface area contributed by atoms with E-state index >= 15 is 0 Å². The number of nitrogens with one attached hydrogen (secondary N) is 2. The van der Waals surface area contributed by atoms with Gasteiger partial charge in [-0.15, -0.1) is 24.0 Å². The summed E-state index contributed by atoms with van der Waals surface area (Å²) in [5.41, 5.74) is 0. The Hall–Kier alpha value is -0.800. The van der Waals surface area contributed by atoms with Gasteiger partial charge in [-0.1, -0.05) is 6.92 Å². The molecule has 0 bridgehead atoms. The summed E-state index contributed by atoms with van der Waals surface area (Å²) in [5, 5.41) is 6.95. The van der Waals surface area contributed by atoms with Crippen LogP contribution in [0.2, 0.25) is 0 Å². The summed E-state index contributed by atoms with van der Waals surface area (Å²) >= 11 is 0. The van der Waals surface area contributed by atoms with Crippen LogP contribution in [0.5, 0.6) is 0 Å². The van der Waals surface area contributed by atoms with Crippen molar-refractivity contribution in [3.63, 3.8) is 0 Å². The van der Waals surface area contributed by atoms with Crippen LogP contribution in [0.15, 0.2) is 27.8 Å². The maximum Gasteiger partial charge on any atom is 0.191 e. The van der Waals surface area contributed by atoms with Crippen LogP contribution in [0.25, 0.3) is 0 Å². The van der Waals surface area contributed by atoms with Gasteiger partial charge < -0.3 is 15.1 Å². The Labute approximate surface area is 174 Å². The summed E-state index contributed by atoms with van der Waals surface area (Å²) < 4.78 is 5.69.